The van der Waals surface area contributed by atoms with Crippen molar-refractivity contribution < 1.29 is 26.3 Å². The van der Waals surface area contributed by atoms with Crippen LogP contribution in [0, 0.1) is 5.82 Å². The summed E-state index contributed by atoms with van der Waals surface area (Å²) in [6.07, 6.45) is 0.919. The average molecular weight is 297 g/mol. The van der Waals surface area contributed by atoms with E-state index < -0.39 is 42.9 Å². The predicted molar refractivity (Wildman–Crippen MR) is 65.2 cm³/mol. The van der Waals surface area contributed by atoms with Crippen molar-refractivity contribution in [3.63, 3.8) is 0 Å². The molecular weight excluding hydrogens is 285 g/mol. The third-order valence-corrected chi connectivity index (χ3v) is 4.44. The predicted octanol–water partition coefficient (Wildman–Crippen LogP) is 0.318. The Bertz CT molecular complexity index is 639. The summed E-state index contributed by atoms with van der Waals surface area (Å²) in [6.45, 7) is 0. The normalized spacial score (nSPS) is 12.3. The molecule has 0 aliphatic rings. The van der Waals surface area contributed by atoms with Crippen molar-refractivity contribution in [3.05, 3.63) is 24.0 Å². The van der Waals surface area contributed by atoms with Gasteiger partial charge in [-0.05, 0) is 12.1 Å². The first-order chi connectivity index (χ1) is 8.09. The molecule has 0 radical (unpaired) electrons. The van der Waals surface area contributed by atoms with Crippen molar-refractivity contribution in [1.29, 1.82) is 0 Å². The number of phenolic OH excluding ortho intramolecular Hbond substituents is 1. The molecule has 0 unspecified atom stereocenters. The second kappa shape index (κ2) is 5.11. The Balaban J connectivity index is 2.80. The van der Waals surface area contributed by atoms with Gasteiger partial charge in [0.05, 0.1) is 17.2 Å². The zero-order chi connectivity index (χ0) is 14.0. The Morgan fingerprint density at radius 3 is 2.33 bits per heavy atom. The highest BCUT2D eigenvalue weighted by Gasteiger charge is 2.15. The van der Waals surface area contributed by atoms with E-state index in [4.69, 9.17) is 5.11 Å². The number of nitrogens with one attached hydrogen (secondary N) is 1. The van der Waals surface area contributed by atoms with Crippen LogP contribution in [0.1, 0.15) is 0 Å². The van der Waals surface area contributed by atoms with Crippen LogP contribution < -0.4 is 4.72 Å². The Labute approximate surface area is 104 Å². The van der Waals surface area contributed by atoms with Crippen LogP contribution in [0.15, 0.2) is 18.2 Å². The summed E-state index contributed by atoms with van der Waals surface area (Å²) in [5.74, 6) is -2.72. The van der Waals surface area contributed by atoms with Gasteiger partial charge >= 0.3 is 0 Å². The van der Waals surface area contributed by atoms with E-state index in [1.165, 1.54) is 0 Å². The van der Waals surface area contributed by atoms with Gasteiger partial charge in [0.25, 0.3) is 0 Å². The van der Waals surface area contributed by atoms with Crippen molar-refractivity contribution >= 4 is 25.5 Å². The molecule has 0 amide bonds. The largest absolute Gasteiger partial charge is 0.505 e. The summed E-state index contributed by atoms with van der Waals surface area (Å²) in [4.78, 5) is 0. The van der Waals surface area contributed by atoms with E-state index in [1.54, 1.807) is 0 Å². The monoisotopic (exact) mass is 297 g/mol. The Kier molecular flexibility index (Phi) is 4.17. The van der Waals surface area contributed by atoms with Crippen LogP contribution in [0.5, 0.6) is 5.75 Å². The van der Waals surface area contributed by atoms with Gasteiger partial charge in [-0.1, -0.05) is 0 Å². The quantitative estimate of drug-likeness (QED) is 0.762. The molecule has 0 saturated carbocycles. The molecule has 102 valence electrons. The third-order valence-electron chi connectivity index (χ3n) is 1.94. The van der Waals surface area contributed by atoms with Crippen LogP contribution in [-0.4, -0.2) is 39.7 Å². The Morgan fingerprint density at radius 2 is 1.83 bits per heavy atom. The molecule has 1 rings (SSSR count). The summed E-state index contributed by atoms with van der Waals surface area (Å²) in [5, 5.41) is 8.92. The van der Waals surface area contributed by atoms with Crippen molar-refractivity contribution in [2.24, 2.45) is 0 Å². The van der Waals surface area contributed by atoms with Crippen LogP contribution in [0.2, 0.25) is 0 Å². The lowest BCUT2D eigenvalue weighted by molar-refractivity contribution is 0.432. The highest BCUT2D eigenvalue weighted by molar-refractivity contribution is 7.95. The first kappa shape index (κ1) is 14.7. The summed E-state index contributed by atoms with van der Waals surface area (Å²) in [7, 11) is -7.27. The van der Waals surface area contributed by atoms with Gasteiger partial charge in [0.1, 0.15) is 9.84 Å². The molecule has 0 atom stereocenters. The molecule has 0 spiro atoms. The highest BCUT2D eigenvalue weighted by atomic mass is 32.2. The lowest BCUT2D eigenvalue weighted by Crippen LogP contribution is -2.22. The molecule has 0 aliphatic carbocycles. The van der Waals surface area contributed by atoms with Crippen molar-refractivity contribution in [2.45, 2.75) is 0 Å². The molecule has 2 N–H and O–H groups in total. The van der Waals surface area contributed by atoms with Crippen molar-refractivity contribution in [1.82, 2.24) is 0 Å². The van der Waals surface area contributed by atoms with Crippen LogP contribution in [0.25, 0.3) is 0 Å². The van der Waals surface area contributed by atoms with E-state index in [0.29, 0.717) is 0 Å². The fraction of sp³-hybridized carbons (Fsp3) is 0.333. The van der Waals surface area contributed by atoms with Gasteiger partial charge in [0.15, 0.2) is 11.6 Å². The van der Waals surface area contributed by atoms with E-state index in [2.05, 4.69) is 0 Å². The average Bonchev–Trinajstić information content (AvgIpc) is 2.20. The van der Waals surface area contributed by atoms with E-state index in [0.717, 1.165) is 24.5 Å². The third kappa shape index (κ3) is 4.88. The molecule has 0 fully saturated rings. The maximum atomic E-state index is 12.9. The molecule has 0 aromatic heterocycles. The topological polar surface area (TPSA) is 101 Å². The Hall–Kier alpha value is -1.35. The maximum Gasteiger partial charge on any atom is 0.233 e. The molecule has 0 aliphatic heterocycles. The van der Waals surface area contributed by atoms with Gasteiger partial charge in [0.2, 0.25) is 10.0 Å². The summed E-state index contributed by atoms with van der Waals surface area (Å²) >= 11 is 0. The van der Waals surface area contributed by atoms with E-state index in [1.807, 2.05) is 4.72 Å². The summed E-state index contributed by atoms with van der Waals surface area (Å²) in [5.41, 5.74) is -0.0844. The summed E-state index contributed by atoms with van der Waals surface area (Å²) in [6, 6.07) is 2.95. The second-order valence-electron chi connectivity index (χ2n) is 3.72. The molecule has 0 heterocycles. The highest BCUT2D eigenvalue weighted by Crippen LogP contribution is 2.20. The van der Waals surface area contributed by atoms with Gasteiger partial charge in [-0.3, -0.25) is 4.72 Å². The van der Waals surface area contributed by atoms with Gasteiger partial charge in [-0.25, -0.2) is 21.2 Å². The zero-order valence-electron chi connectivity index (χ0n) is 9.42. The number of sulfone groups is 1. The molecular formula is C9H12FNO5S2. The SMILES string of the molecule is CS(=O)(=O)CCS(=O)(=O)Nc1ccc(O)c(F)c1. The lowest BCUT2D eigenvalue weighted by Gasteiger charge is -2.07. The minimum absolute atomic E-state index is 0.0844. The number of phenols is 1. The number of halogens is 1. The lowest BCUT2D eigenvalue weighted by atomic mass is 10.3. The second-order valence-corrected chi connectivity index (χ2v) is 7.82. The molecule has 0 bridgehead atoms. The van der Waals surface area contributed by atoms with Crippen LogP contribution in [0.4, 0.5) is 10.1 Å². The van der Waals surface area contributed by atoms with Crippen molar-refractivity contribution in [2.75, 3.05) is 22.5 Å². The molecule has 1 aromatic rings. The van der Waals surface area contributed by atoms with Gasteiger partial charge in [-0.2, -0.15) is 0 Å². The first-order valence-electron chi connectivity index (χ1n) is 4.76. The summed E-state index contributed by atoms with van der Waals surface area (Å²) < 4.78 is 59.6. The zero-order valence-corrected chi connectivity index (χ0v) is 11.1. The molecule has 6 nitrogen and oxygen atoms in total. The van der Waals surface area contributed by atoms with Crippen LogP contribution >= 0.6 is 0 Å². The minimum atomic E-state index is -3.87. The maximum absolute atomic E-state index is 12.9. The van der Waals surface area contributed by atoms with E-state index in [9.17, 15) is 21.2 Å². The molecule has 9 heteroatoms. The minimum Gasteiger partial charge on any atom is -0.505 e. The van der Waals surface area contributed by atoms with Crippen molar-refractivity contribution in [3.8, 4) is 5.75 Å². The number of hydrogen-bond donors (Lipinski definition) is 2. The number of rotatable bonds is 5. The van der Waals surface area contributed by atoms with Gasteiger partial charge in [-0.15, -0.1) is 0 Å². The van der Waals surface area contributed by atoms with Crippen LogP contribution in [0.3, 0.4) is 0 Å². The molecule has 0 saturated heterocycles. The fourth-order valence-corrected chi connectivity index (χ4v) is 3.74. The van der Waals surface area contributed by atoms with E-state index in [-0.39, 0.29) is 5.69 Å². The Morgan fingerprint density at radius 1 is 1.22 bits per heavy atom. The van der Waals surface area contributed by atoms with Crippen LogP contribution in [-0.2, 0) is 19.9 Å². The van der Waals surface area contributed by atoms with Gasteiger partial charge < -0.3 is 5.11 Å². The molecule has 18 heavy (non-hydrogen) atoms. The number of aromatic hydroxyl groups is 1. The number of hydrogen-bond acceptors (Lipinski definition) is 5. The number of benzene rings is 1. The number of sulfonamides is 1. The van der Waals surface area contributed by atoms with Gasteiger partial charge in [0, 0.05) is 12.3 Å². The first-order valence-corrected chi connectivity index (χ1v) is 8.47. The molecule has 1 aromatic carbocycles. The van der Waals surface area contributed by atoms with E-state index >= 15 is 0 Å². The fourth-order valence-electron chi connectivity index (χ4n) is 1.06. The smallest absolute Gasteiger partial charge is 0.233 e. The standard InChI is InChI=1S/C9H12FNO5S2/c1-17(13,14)4-5-18(15,16)11-7-2-3-9(12)8(10)6-7/h2-3,6,11-12H,4-5H2,1H3. The number of anilines is 1.